The minimum atomic E-state index is -1.05. The first-order valence-electron chi connectivity index (χ1n) is 6.22. The van der Waals surface area contributed by atoms with Crippen molar-refractivity contribution in [3.63, 3.8) is 0 Å². The molecule has 5 nitrogen and oxygen atoms in total. The molecule has 0 amide bonds. The highest BCUT2D eigenvalue weighted by Gasteiger charge is 2.48. The average molecular weight is 243 g/mol. The van der Waals surface area contributed by atoms with E-state index in [1.54, 1.807) is 0 Å². The molecule has 3 N–H and O–H groups in total. The van der Waals surface area contributed by atoms with Gasteiger partial charge in [0.25, 0.3) is 0 Å². The molecule has 1 saturated carbocycles. The second-order valence-corrected chi connectivity index (χ2v) is 5.51. The summed E-state index contributed by atoms with van der Waals surface area (Å²) in [6.45, 7) is 2.34. The number of nitrogens with two attached hydrogens (primary N) is 1. The lowest BCUT2D eigenvalue weighted by Crippen LogP contribution is -2.57. The van der Waals surface area contributed by atoms with Crippen LogP contribution in [-0.4, -0.2) is 67.2 Å². The van der Waals surface area contributed by atoms with Gasteiger partial charge in [0.1, 0.15) is 5.54 Å². The average Bonchev–Trinajstić information content (AvgIpc) is 2.99. The standard InChI is InChI=1S/C12H25N3O2/c1-14(2)7-4-8-15(3)9-12(13,11(16)17)10-5-6-10/h10H,4-9,13H2,1-3H3,(H,16,17). The van der Waals surface area contributed by atoms with Crippen LogP contribution in [0.1, 0.15) is 19.3 Å². The van der Waals surface area contributed by atoms with Gasteiger partial charge in [0.05, 0.1) is 0 Å². The van der Waals surface area contributed by atoms with E-state index in [1.165, 1.54) is 0 Å². The Kier molecular flexibility index (Phi) is 4.91. The fourth-order valence-electron chi connectivity index (χ4n) is 2.15. The van der Waals surface area contributed by atoms with Crippen LogP contribution in [0.5, 0.6) is 0 Å². The van der Waals surface area contributed by atoms with E-state index in [2.05, 4.69) is 4.90 Å². The molecule has 0 radical (unpaired) electrons. The van der Waals surface area contributed by atoms with Crippen molar-refractivity contribution >= 4 is 5.97 Å². The molecule has 1 unspecified atom stereocenters. The van der Waals surface area contributed by atoms with E-state index < -0.39 is 11.5 Å². The van der Waals surface area contributed by atoms with Crippen LogP contribution < -0.4 is 5.73 Å². The quantitative estimate of drug-likeness (QED) is 0.631. The number of aliphatic carboxylic acids is 1. The van der Waals surface area contributed by atoms with E-state index in [1.807, 2.05) is 26.0 Å². The predicted molar refractivity (Wildman–Crippen MR) is 67.9 cm³/mol. The van der Waals surface area contributed by atoms with Gasteiger partial charge in [-0.3, -0.25) is 4.79 Å². The number of carboxylic acids is 1. The first-order chi connectivity index (χ1) is 7.86. The number of hydrogen-bond donors (Lipinski definition) is 2. The van der Waals surface area contributed by atoms with Crippen molar-refractivity contribution in [2.24, 2.45) is 11.7 Å². The smallest absolute Gasteiger partial charge is 0.325 e. The molecule has 0 aromatic heterocycles. The second kappa shape index (κ2) is 5.80. The summed E-state index contributed by atoms with van der Waals surface area (Å²) in [6, 6.07) is 0. The van der Waals surface area contributed by atoms with Gasteiger partial charge in [0.15, 0.2) is 0 Å². The van der Waals surface area contributed by atoms with Crippen molar-refractivity contribution in [1.82, 2.24) is 9.80 Å². The molecular formula is C12H25N3O2. The SMILES string of the molecule is CN(C)CCCN(C)CC(N)(C(=O)O)C1CC1. The number of rotatable bonds is 8. The molecule has 0 spiro atoms. The predicted octanol–water partition coefficient (Wildman–Crippen LogP) is 0.0620. The molecule has 1 atom stereocenters. The Bertz CT molecular complexity index is 266. The third-order valence-electron chi connectivity index (χ3n) is 3.38. The fraction of sp³-hybridized carbons (Fsp3) is 0.917. The molecule has 0 aromatic carbocycles. The molecule has 0 saturated heterocycles. The highest BCUT2D eigenvalue weighted by atomic mass is 16.4. The van der Waals surface area contributed by atoms with Crippen LogP contribution in [-0.2, 0) is 4.79 Å². The van der Waals surface area contributed by atoms with Crippen molar-refractivity contribution in [3.8, 4) is 0 Å². The fourth-order valence-corrected chi connectivity index (χ4v) is 2.15. The van der Waals surface area contributed by atoms with Crippen molar-refractivity contribution in [3.05, 3.63) is 0 Å². The van der Waals surface area contributed by atoms with Crippen LogP contribution in [0.15, 0.2) is 0 Å². The summed E-state index contributed by atoms with van der Waals surface area (Å²) in [6.07, 6.45) is 2.94. The molecule has 0 heterocycles. The van der Waals surface area contributed by atoms with E-state index >= 15 is 0 Å². The van der Waals surface area contributed by atoms with E-state index in [-0.39, 0.29) is 5.92 Å². The molecule has 0 aliphatic heterocycles. The number of hydrogen-bond acceptors (Lipinski definition) is 4. The molecule has 0 bridgehead atoms. The van der Waals surface area contributed by atoms with Gasteiger partial charge in [-0.05, 0) is 59.4 Å². The Labute approximate surface area is 104 Å². The molecule has 0 aromatic rings. The van der Waals surface area contributed by atoms with Crippen LogP contribution >= 0.6 is 0 Å². The minimum Gasteiger partial charge on any atom is -0.480 e. The van der Waals surface area contributed by atoms with E-state index in [0.717, 1.165) is 32.4 Å². The molecule has 1 aliphatic rings. The summed E-state index contributed by atoms with van der Waals surface area (Å²) in [5.74, 6) is -0.698. The lowest BCUT2D eigenvalue weighted by atomic mass is 9.94. The largest absolute Gasteiger partial charge is 0.480 e. The van der Waals surface area contributed by atoms with Crippen molar-refractivity contribution in [1.29, 1.82) is 0 Å². The maximum Gasteiger partial charge on any atom is 0.325 e. The van der Waals surface area contributed by atoms with Crippen molar-refractivity contribution in [2.45, 2.75) is 24.8 Å². The maximum atomic E-state index is 11.3. The first-order valence-corrected chi connectivity index (χ1v) is 6.22. The molecular weight excluding hydrogens is 218 g/mol. The second-order valence-electron chi connectivity index (χ2n) is 5.51. The summed E-state index contributed by atoms with van der Waals surface area (Å²) in [4.78, 5) is 15.4. The van der Waals surface area contributed by atoms with Gasteiger partial charge in [-0.15, -0.1) is 0 Å². The summed E-state index contributed by atoms with van der Waals surface area (Å²) in [7, 11) is 6.02. The number of carboxylic acid groups (broad SMARTS) is 1. The molecule has 5 heteroatoms. The van der Waals surface area contributed by atoms with Crippen LogP contribution in [0.3, 0.4) is 0 Å². The number of carbonyl (C=O) groups is 1. The van der Waals surface area contributed by atoms with E-state index in [0.29, 0.717) is 6.54 Å². The van der Waals surface area contributed by atoms with Crippen molar-refractivity contribution in [2.75, 3.05) is 40.8 Å². The molecule has 1 rings (SSSR count). The monoisotopic (exact) mass is 243 g/mol. The maximum absolute atomic E-state index is 11.3. The van der Waals surface area contributed by atoms with Gasteiger partial charge >= 0.3 is 5.97 Å². The zero-order chi connectivity index (χ0) is 13.1. The Morgan fingerprint density at radius 2 is 1.94 bits per heavy atom. The Hall–Kier alpha value is -0.650. The van der Waals surface area contributed by atoms with Gasteiger partial charge in [0, 0.05) is 6.54 Å². The Morgan fingerprint density at radius 3 is 2.35 bits per heavy atom. The molecule has 1 fully saturated rings. The Balaban J connectivity index is 2.37. The molecule has 1 aliphatic carbocycles. The zero-order valence-corrected chi connectivity index (χ0v) is 11.1. The zero-order valence-electron chi connectivity index (χ0n) is 11.1. The van der Waals surface area contributed by atoms with Gasteiger partial charge in [0.2, 0.25) is 0 Å². The Morgan fingerprint density at radius 1 is 1.35 bits per heavy atom. The highest BCUT2D eigenvalue weighted by molar-refractivity contribution is 5.79. The third kappa shape index (κ3) is 4.26. The summed E-state index contributed by atoms with van der Waals surface area (Å²) in [5, 5.41) is 9.25. The normalized spacial score (nSPS) is 19.6. The van der Waals surface area contributed by atoms with Crippen LogP contribution in [0, 0.1) is 5.92 Å². The number of likely N-dealkylation sites (N-methyl/N-ethyl adjacent to an activating group) is 1. The highest BCUT2D eigenvalue weighted by Crippen LogP contribution is 2.38. The van der Waals surface area contributed by atoms with Crippen molar-refractivity contribution < 1.29 is 9.90 Å². The summed E-state index contributed by atoms with van der Waals surface area (Å²) in [5.41, 5.74) is 4.98. The van der Waals surface area contributed by atoms with Gasteiger partial charge in [-0.2, -0.15) is 0 Å². The topological polar surface area (TPSA) is 69.8 Å². The summed E-state index contributed by atoms with van der Waals surface area (Å²) >= 11 is 0. The van der Waals surface area contributed by atoms with E-state index in [9.17, 15) is 9.90 Å². The van der Waals surface area contributed by atoms with Crippen LogP contribution in [0.4, 0.5) is 0 Å². The van der Waals surface area contributed by atoms with Crippen LogP contribution in [0.25, 0.3) is 0 Å². The van der Waals surface area contributed by atoms with Gasteiger partial charge in [-0.1, -0.05) is 0 Å². The lowest BCUT2D eigenvalue weighted by Gasteiger charge is -2.30. The summed E-state index contributed by atoms with van der Waals surface area (Å²) < 4.78 is 0. The lowest BCUT2D eigenvalue weighted by molar-refractivity contribution is -0.145. The van der Waals surface area contributed by atoms with Crippen LogP contribution in [0.2, 0.25) is 0 Å². The molecule has 17 heavy (non-hydrogen) atoms. The first kappa shape index (κ1) is 14.4. The van der Waals surface area contributed by atoms with Gasteiger partial charge < -0.3 is 20.6 Å². The van der Waals surface area contributed by atoms with Gasteiger partial charge in [-0.25, -0.2) is 0 Å². The number of nitrogens with zero attached hydrogens (tertiary/aromatic N) is 2. The van der Waals surface area contributed by atoms with E-state index in [4.69, 9.17) is 5.73 Å². The molecule has 100 valence electrons. The minimum absolute atomic E-state index is 0.163. The third-order valence-corrected chi connectivity index (χ3v) is 3.38.